The molecule has 1 atom stereocenters. The number of rotatable bonds is 6. The van der Waals surface area contributed by atoms with Gasteiger partial charge in [-0.15, -0.1) is 0 Å². The van der Waals surface area contributed by atoms with Crippen LogP contribution in [0.15, 0.2) is 36.7 Å². The van der Waals surface area contributed by atoms with Gasteiger partial charge in [0.25, 0.3) is 0 Å². The van der Waals surface area contributed by atoms with Crippen LogP contribution in [0.3, 0.4) is 0 Å². The van der Waals surface area contributed by atoms with Crippen molar-refractivity contribution in [3.8, 4) is 0 Å². The van der Waals surface area contributed by atoms with Crippen molar-refractivity contribution in [2.24, 2.45) is 0 Å². The Morgan fingerprint density at radius 2 is 2.18 bits per heavy atom. The van der Waals surface area contributed by atoms with Gasteiger partial charge in [0.2, 0.25) is 5.91 Å². The van der Waals surface area contributed by atoms with Crippen molar-refractivity contribution in [2.75, 3.05) is 13.1 Å². The molecule has 0 bridgehead atoms. The van der Waals surface area contributed by atoms with E-state index in [1.54, 1.807) is 24.5 Å². The lowest BCUT2D eigenvalue weighted by molar-refractivity contribution is -0.127. The van der Waals surface area contributed by atoms with E-state index in [2.05, 4.69) is 15.3 Å². The third kappa shape index (κ3) is 3.71. The minimum Gasteiger partial charge on any atom is -0.348 e. The fraction of sp³-hybridized carbons (Fsp3) is 0.375. The first-order chi connectivity index (χ1) is 10.7. The highest BCUT2D eigenvalue weighted by molar-refractivity contribution is 5.79. The van der Waals surface area contributed by atoms with E-state index in [1.807, 2.05) is 4.90 Å². The molecule has 1 aliphatic rings. The van der Waals surface area contributed by atoms with Crippen LogP contribution < -0.4 is 5.32 Å². The number of halogens is 1. The molecule has 3 rings (SSSR count). The molecule has 0 radical (unpaired) electrons. The smallest absolute Gasteiger partial charge is 0.224 e. The molecule has 1 saturated heterocycles. The second-order valence-electron chi connectivity index (χ2n) is 5.53. The fourth-order valence-corrected chi connectivity index (χ4v) is 2.68. The Bertz CT molecular complexity index is 612. The Balaban J connectivity index is 1.46. The van der Waals surface area contributed by atoms with Crippen LogP contribution in [0.4, 0.5) is 4.39 Å². The molecule has 116 valence electrons. The van der Waals surface area contributed by atoms with E-state index in [-0.39, 0.29) is 17.8 Å². The van der Waals surface area contributed by atoms with Gasteiger partial charge in [0.1, 0.15) is 11.6 Å². The maximum Gasteiger partial charge on any atom is 0.224 e. The molecule has 0 aliphatic carbocycles. The summed E-state index contributed by atoms with van der Waals surface area (Å²) in [5.74, 6) is 0.805. The quantitative estimate of drug-likeness (QED) is 0.850. The fourth-order valence-electron chi connectivity index (χ4n) is 2.68. The number of imidazole rings is 1. The molecule has 1 aliphatic heterocycles. The van der Waals surface area contributed by atoms with Gasteiger partial charge in [-0.3, -0.25) is 4.79 Å². The van der Waals surface area contributed by atoms with Crippen LogP contribution in [0, 0.1) is 5.82 Å². The van der Waals surface area contributed by atoms with E-state index in [4.69, 9.17) is 0 Å². The molecule has 2 N–H and O–H groups in total. The Hall–Kier alpha value is -2.21. The van der Waals surface area contributed by atoms with Crippen molar-refractivity contribution in [1.29, 1.82) is 0 Å². The van der Waals surface area contributed by atoms with Crippen molar-refractivity contribution in [3.05, 3.63) is 53.9 Å². The molecular weight excluding hydrogens is 283 g/mol. The first kappa shape index (κ1) is 14.7. The predicted octanol–water partition coefficient (Wildman–Crippen LogP) is 1.48. The van der Waals surface area contributed by atoms with Gasteiger partial charge in [0, 0.05) is 37.9 Å². The van der Waals surface area contributed by atoms with Crippen molar-refractivity contribution in [3.63, 3.8) is 0 Å². The van der Waals surface area contributed by atoms with Gasteiger partial charge in [-0.1, -0.05) is 12.1 Å². The number of amides is 1. The molecule has 0 saturated carbocycles. The topological polar surface area (TPSA) is 61.0 Å². The summed E-state index contributed by atoms with van der Waals surface area (Å²) in [6.07, 6.45) is 4.76. The summed E-state index contributed by atoms with van der Waals surface area (Å²) >= 11 is 0. The standard InChI is InChI=1S/C16H19FN4O/c17-13-3-1-12(2-4-13)5-8-21-11-14(9-16(21)22)20-10-15-18-6-7-19-15/h1-4,6-7,14,20H,5,8-11H2,(H,18,19). The number of hydrogen-bond donors (Lipinski definition) is 2. The normalized spacial score (nSPS) is 18.1. The maximum absolute atomic E-state index is 12.9. The molecule has 0 spiro atoms. The SMILES string of the molecule is O=C1CC(NCc2ncc[nH]2)CN1CCc1ccc(F)cc1. The third-order valence-electron chi connectivity index (χ3n) is 3.91. The second-order valence-corrected chi connectivity index (χ2v) is 5.53. The third-order valence-corrected chi connectivity index (χ3v) is 3.91. The van der Waals surface area contributed by atoms with Crippen LogP contribution in [0.25, 0.3) is 0 Å². The summed E-state index contributed by atoms with van der Waals surface area (Å²) in [7, 11) is 0. The Morgan fingerprint density at radius 3 is 2.91 bits per heavy atom. The zero-order valence-corrected chi connectivity index (χ0v) is 12.3. The van der Waals surface area contributed by atoms with Crippen molar-refractivity contribution < 1.29 is 9.18 Å². The molecule has 1 aromatic carbocycles. The monoisotopic (exact) mass is 302 g/mol. The van der Waals surface area contributed by atoms with E-state index in [9.17, 15) is 9.18 Å². The van der Waals surface area contributed by atoms with Crippen molar-refractivity contribution in [2.45, 2.75) is 25.4 Å². The summed E-state index contributed by atoms with van der Waals surface area (Å²) in [5.41, 5.74) is 1.04. The maximum atomic E-state index is 12.9. The lowest BCUT2D eigenvalue weighted by Crippen LogP contribution is -2.33. The average molecular weight is 302 g/mol. The molecule has 6 heteroatoms. The van der Waals surface area contributed by atoms with Gasteiger partial charge in [0.15, 0.2) is 0 Å². The molecule has 1 unspecified atom stereocenters. The van der Waals surface area contributed by atoms with Crippen molar-refractivity contribution in [1.82, 2.24) is 20.2 Å². The van der Waals surface area contributed by atoms with Crippen LogP contribution in [-0.2, 0) is 17.8 Å². The number of nitrogens with one attached hydrogen (secondary N) is 2. The molecule has 2 heterocycles. The van der Waals surface area contributed by atoms with Crippen LogP contribution in [0.2, 0.25) is 0 Å². The molecule has 1 aromatic heterocycles. The summed E-state index contributed by atoms with van der Waals surface area (Å²) in [5, 5.41) is 3.34. The Labute approximate surface area is 128 Å². The van der Waals surface area contributed by atoms with Crippen LogP contribution >= 0.6 is 0 Å². The van der Waals surface area contributed by atoms with Crippen LogP contribution in [0.1, 0.15) is 17.8 Å². The lowest BCUT2D eigenvalue weighted by Gasteiger charge is -2.17. The average Bonchev–Trinajstić information content (AvgIpc) is 3.14. The highest BCUT2D eigenvalue weighted by atomic mass is 19.1. The van der Waals surface area contributed by atoms with Gasteiger partial charge < -0.3 is 15.2 Å². The van der Waals surface area contributed by atoms with Gasteiger partial charge >= 0.3 is 0 Å². The van der Waals surface area contributed by atoms with E-state index in [0.717, 1.165) is 17.8 Å². The number of nitrogens with zero attached hydrogens (tertiary/aromatic N) is 2. The van der Waals surface area contributed by atoms with Crippen LogP contribution in [0.5, 0.6) is 0 Å². The second kappa shape index (κ2) is 6.70. The molecule has 2 aromatic rings. The number of aromatic nitrogens is 2. The zero-order chi connectivity index (χ0) is 15.4. The Morgan fingerprint density at radius 1 is 1.36 bits per heavy atom. The minimum atomic E-state index is -0.233. The Kier molecular flexibility index (Phi) is 4.48. The molecular formula is C16H19FN4O. The molecule has 1 amide bonds. The predicted molar refractivity (Wildman–Crippen MR) is 80.5 cm³/mol. The van der Waals surface area contributed by atoms with E-state index in [1.165, 1.54) is 12.1 Å². The number of likely N-dealkylation sites (tertiary alicyclic amines) is 1. The molecule has 5 nitrogen and oxygen atoms in total. The number of hydrogen-bond acceptors (Lipinski definition) is 3. The van der Waals surface area contributed by atoms with Gasteiger partial charge in [-0.05, 0) is 24.1 Å². The number of benzene rings is 1. The van der Waals surface area contributed by atoms with Gasteiger partial charge in [-0.25, -0.2) is 9.37 Å². The zero-order valence-electron chi connectivity index (χ0n) is 12.3. The number of H-pyrrole nitrogens is 1. The number of aromatic amines is 1. The van der Waals surface area contributed by atoms with Gasteiger partial charge in [0.05, 0.1) is 6.54 Å². The summed E-state index contributed by atoms with van der Waals surface area (Å²) in [4.78, 5) is 21.1. The van der Waals surface area contributed by atoms with E-state index in [0.29, 0.717) is 26.1 Å². The van der Waals surface area contributed by atoms with Crippen LogP contribution in [-0.4, -0.2) is 39.9 Å². The summed E-state index contributed by atoms with van der Waals surface area (Å²) in [6, 6.07) is 6.60. The largest absolute Gasteiger partial charge is 0.348 e. The molecule has 1 fully saturated rings. The number of carbonyl (C=O) groups is 1. The van der Waals surface area contributed by atoms with Gasteiger partial charge in [-0.2, -0.15) is 0 Å². The minimum absolute atomic E-state index is 0.158. The summed E-state index contributed by atoms with van der Waals surface area (Å²) < 4.78 is 12.9. The lowest BCUT2D eigenvalue weighted by atomic mass is 10.1. The first-order valence-corrected chi connectivity index (χ1v) is 7.44. The highest BCUT2D eigenvalue weighted by Gasteiger charge is 2.28. The molecule has 22 heavy (non-hydrogen) atoms. The summed E-state index contributed by atoms with van der Waals surface area (Å²) in [6.45, 7) is 2.01. The van der Waals surface area contributed by atoms with E-state index >= 15 is 0 Å². The van der Waals surface area contributed by atoms with E-state index < -0.39 is 0 Å². The van der Waals surface area contributed by atoms with Crippen molar-refractivity contribution >= 4 is 5.91 Å². The highest BCUT2D eigenvalue weighted by Crippen LogP contribution is 2.13. The first-order valence-electron chi connectivity index (χ1n) is 7.44. The number of carbonyl (C=O) groups excluding carboxylic acids is 1.